The van der Waals surface area contributed by atoms with Crippen molar-refractivity contribution in [3.63, 3.8) is 0 Å². The quantitative estimate of drug-likeness (QED) is 0.884. The van der Waals surface area contributed by atoms with Crippen LogP contribution in [0.3, 0.4) is 0 Å². The lowest BCUT2D eigenvalue weighted by Gasteiger charge is -2.23. The monoisotopic (exact) mass is 328 g/mol. The number of hydrogen-bond acceptors (Lipinski definition) is 4. The van der Waals surface area contributed by atoms with Gasteiger partial charge in [0.2, 0.25) is 5.82 Å². The molecule has 2 aliphatic rings. The molecule has 104 valence electrons. The zero-order valence-electron chi connectivity index (χ0n) is 10.6. The Bertz CT molecular complexity index is 450. The van der Waals surface area contributed by atoms with Crippen LogP contribution >= 0.6 is 15.9 Å². The number of ether oxygens (including phenoxy) is 1. The standard InChI is InChI=1S/C12H17BrN4O2/c13-12-15-10(16-17-12)11(18)14-6-8-5-7-3-1-2-4-9(7)19-8/h7-9H,1-6H2,(H,14,18)(H,15,16,17)/t7-,8?,9+/m0/s1. The maximum Gasteiger partial charge on any atom is 0.291 e. The predicted octanol–water partition coefficient (Wildman–Crippen LogP) is 1.64. The molecule has 2 heterocycles. The lowest BCUT2D eigenvalue weighted by Crippen LogP contribution is -2.32. The molecule has 19 heavy (non-hydrogen) atoms. The Morgan fingerprint density at radius 2 is 2.32 bits per heavy atom. The van der Waals surface area contributed by atoms with E-state index in [1.54, 1.807) is 0 Å². The summed E-state index contributed by atoms with van der Waals surface area (Å²) >= 11 is 3.13. The Hall–Kier alpha value is -0.950. The molecule has 1 unspecified atom stereocenters. The molecule has 3 atom stereocenters. The summed E-state index contributed by atoms with van der Waals surface area (Å²) in [5.74, 6) is 0.580. The normalized spacial score (nSPS) is 30.1. The first kappa shape index (κ1) is 13.1. The van der Waals surface area contributed by atoms with Crippen LogP contribution in [-0.2, 0) is 4.74 Å². The van der Waals surface area contributed by atoms with Gasteiger partial charge in [-0.3, -0.25) is 9.89 Å². The summed E-state index contributed by atoms with van der Waals surface area (Å²) in [4.78, 5) is 15.7. The zero-order valence-corrected chi connectivity index (χ0v) is 12.1. The van der Waals surface area contributed by atoms with Gasteiger partial charge in [-0.2, -0.15) is 4.98 Å². The van der Waals surface area contributed by atoms with Crippen molar-refractivity contribution < 1.29 is 9.53 Å². The van der Waals surface area contributed by atoms with E-state index in [2.05, 4.69) is 36.4 Å². The van der Waals surface area contributed by atoms with Crippen LogP contribution in [0, 0.1) is 5.92 Å². The van der Waals surface area contributed by atoms with Crippen LogP contribution in [0.1, 0.15) is 42.7 Å². The molecule has 1 saturated heterocycles. The third-order valence-corrected chi connectivity index (χ3v) is 4.28. The molecule has 0 radical (unpaired) electrons. The van der Waals surface area contributed by atoms with E-state index < -0.39 is 0 Å². The molecular formula is C12H17BrN4O2. The molecule has 0 bridgehead atoms. The second kappa shape index (κ2) is 5.58. The van der Waals surface area contributed by atoms with E-state index in [9.17, 15) is 4.79 Å². The Morgan fingerprint density at radius 1 is 1.47 bits per heavy atom. The van der Waals surface area contributed by atoms with E-state index in [4.69, 9.17) is 4.74 Å². The van der Waals surface area contributed by atoms with Crippen molar-refractivity contribution in [2.75, 3.05) is 6.54 Å². The highest BCUT2D eigenvalue weighted by atomic mass is 79.9. The number of aromatic nitrogens is 3. The molecule has 2 fully saturated rings. The summed E-state index contributed by atoms with van der Waals surface area (Å²) in [6.45, 7) is 0.540. The third-order valence-electron chi connectivity index (χ3n) is 3.92. The van der Waals surface area contributed by atoms with E-state index in [0.717, 1.165) is 6.42 Å². The van der Waals surface area contributed by atoms with Crippen molar-refractivity contribution in [1.29, 1.82) is 0 Å². The van der Waals surface area contributed by atoms with Gasteiger partial charge in [0.1, 0.15) is 0 Å². The number of hydrogen-bond donors (Lipinski definition) is 2. The van der Waals surface area contributed by atoms with Crippen LogP contribution in [0.5, 0.6) is 0 Å². The summed E-state index contributed by atoms with van der Waals surface area (Å²) in [5.41, 5.74) is 0. The highest BCUT2D eigenvalue weighted by Crippen LogP contribution is 2.36. The average Bonchev–Trinajstić information content (AvgIpc) is 3.01. The van der Waals surface area contributed by atoms with E-state index in [0.29, 0.717) is 23.3 Å². The molecule has 0 aromatic carbocycles. The average molecular weight is 329 g/mol. The molecule has 1 aliphatic heterocycles. The highest BCUT2D eigenvalue weighted by Gasteiger charge is 2.36. The second-order valence-electron chi connectivity index (χ2n) is 5.24. The SMILES string of the molecule is O=C(NCC1C[C@@H]2CCCC[C@H]2O1)c1n[nH]c(Br)n1. The van der Waals surface area contributed by atoms with Crippen molar-refractivity contribution in [2.24, 2.45) is 5.92 Å². The molecule has 1 saturated carbocycles. The molecule has 1 aromatic heterocycles. The molecule has 6 nitrogen and oxygen atoms in total. The minimum absolute atomic E-state index is 0.138. The second-order valence-corrected chi connectivity index (χ2v) is 5.99. The minimum Gasteiger partial charge on any atom is -0.373 e. The number of rotatable bonds is 3. The van der Waals surface area contributed by atoms with Crippen LogP contribution in [0.2, 0.25) is 0 Å². The lowest BCUT2D eigenvalue weighted by atomic mass is 9.85. The largest absolute Gasteiger partial charge is 0.373 e. The smallest absolute Gasteiger partial charge is 0.291 e. The summed E-state index contributed by atoms with van der Waals surface area (Å²) in [6.07, 6.45) is 6.63. The van der Waals surface area contributed by atoms with Gasteiger partial charge in [0.05, 0.1) is 12.2 Å². The predicted molar refractivity (Wildman–Crippen MR) is 71.7 cm³/mol. The molecule has 0 spiro atoms. The number of H-pyrrole nitrogens is 1. The highest BCUT2D eigenvalue weighted by molar-refractivity contribution is 9.10. The number of carbonyl (C=O) groups excluding carboxylic acids is 1. The fourth-order valence-electron chi connectivity index (χ4n) is 3.02. The molecular weight excluding hydrogens is 312 g/mol. The Labute approximate surface area is 119 Å². The van der Waals surface area contributed by atoms with Gasteiger partial charge in [-0.15, -0.1) is 5.10 Å². The van der Waals surface area contributed by atoms with Gasteiger partial charge in [0.25, 0.3) is 5.91 Å². The summed E-state index contributed by atoms with van der Waals surface area (Å²) < 4.78 is 6.44. The minimum atomic E-state index is -0.263. The van der Waals surface area contributed by atoms with Gasteiger partial charge in [-0.05, 0) is 41.1 Å². The van der Waals surface area contributed by atoms with Crippen LogP contribution in [0.25, 0.3) is 0 Å². The number of nitrogens with one attached hydrogen (secondary N) is 2. The van der Waals surface area contributed by atoms with Crippen molar-refractivity contribution in [3.05, 3.63) is 10.6 Å². The molecule has 3 rings (SSSR count). The van der Waals surface area contributed by atoms with Crippen LogP contribution in [0.4, 0.5) is 0 Å². The first-order chi connectivity index (χ1) is 9.22. The summed E-state index contributed by atoms with van der Waals surface area (Å²) in [7, 11) is 0. The van der Waals surface area contributed by atoms with Crippen LogP contribution < -0.4 is 5.32 Å². The van der Waals surface area contributed by atoms with E-state index in [1.165, 1.54) is 25.7 Å². The molecule has 1 aromatic rings. The fraction of sp³-hybridized carbons (Fsp3) is 0.750. The van der Waals surface area contributed by atoms with E-state index >= 15 is 0 Å². The molecule has 1 amide bonds. The van der Waals surface area contributed by atoms with Gasteiger partial charge < -0.3 is 10.1 Å². The summed E-state index contributed by atoms with van der Waals surface area (Å²) in [5, 5.41) is 9.21. The Morgan fingerprint density at radius 3 is 3.05 bits per heavy atom. The first-order valence-electron chi connectivity index (χ1n) is 6.74. The lowest BCUT2D eigenvalue weighted by molar-refractivity contribution is 0.0194. The van der Waals surface area contributed by atoms with E-state index in [-0.39, 0.29) is 17.8 Å². The van der Waals surface area contributed by atoms with Crippen molar-refractivity contribution in [2.45, 2.75) is 44.3 Å². The topological polar surface area (TPSA) is 79.9 Å². The van der Waals surface area contributed by atoms with Gasteiger partial charge in [-0.1, -0.05) is 12.8 Å². The Balaban J connectivity index is 1.49. The van der Waals surface area contributed by atoms with Crippen molar-refractivity contribution >= 4 is 21.8 Å². The maximum absolute atomic E-state index is 11.8. The fourth-order valence-corrected chi connectivity index (χ4v) is 3.28. The number of aromatic amines is 1. The number of halogens is 1. The van der Waals surface area contributed by atoms with Gasteiger partial charge in [0.15, 0.2) is 4.73 Å². The first-order valence-corrected chi connectivity index (χ1v) is 7.53. The molecule has 2 N–H and O–H groups in total. The molecule has 7 heteroatoms. The molecule has 1 aliphatic carbocycles. The van der Waals surface area contributed by atoms with Gasteiger partial charge >= 0.3 is 0 Å². The van der Waals surface area contributed by atoms with Crippen molar-refractivity contribution in [1.82, 2.24) is 20.5 Å². The number of fused-ring (bicyclic) bond motifs is 1. The maximum atomic E-state index is 11.8. The van der Waals surface area contributed by atoms with E-state index in [1.807, 2.05) is 0 Å². The number of nitrogens with zero attached hydrogens (tertiary/aromatic N) is 2. The van der Waals surface area contributed by atoms with Crippen molar-refractivity contribution in [3.8, 4) is 0 Å². The van der Waals surface area contributed by atoms with Crippen LogP contribution in [0.15, 0.2) is 4.73 Å². The Kier molecular flexibility index (Phi) is 3.83. The van der Waals surface area contributed by atoms with Gasteiger partial charge in [-0.25, -0.2) is 0 Å². The zero-order chi connectivity index (χ0) is 13.2. The number of carbonyl (C=O) groups is 1. The van der Waals surface area contributed by atoms with Gasteiger partial charge in [0, 0.05) is 6.54 Å². The summed E-state index contributed by atoms with van der Waals surface area (Å²) in [6, 6.07) is 0. The van der Waals surface area contributed by atoms with Crippen LogP contribution in [-0.4, -0.2) is 39.8 Å². The third kappa shape index (κ3) is 2.97. The number of amides is 1.